The van der Waals surface area contributed by atoms with Crippen molar-refractivity contribution in [2.45, 2.75) is 45.7 Å². The number of aromatic nitrogens is 1. The van der Waals surface area contributed by atoms with Crippen LogP contribution in [0.3, 0.4) is 0 Å². The van der Waals surface area contributed by atoms with E-state index in [4.69, 9.17) is 0 Å². The molecule has 1 aliphatic heterocycles. The molecule has 7 heteroatoms. The van der Waals surface area contributed by atoms with E-state index in [1.807, 2.05) is 0 Å². The van der Waals surface area contributed by atoms with E-state index in [0.717, 1.165) is 36.2 Å². The average molecular weight is 357 g/mol. The molecular formula is C14H21BrN4O2. The first kappa shape index (κ1) is 16.2. The van der Waals surface area contributed by atoms with E-state index in [0.29, 0.717) is 17.6 Å². The number of hydrogen-bond acceptors (Lipinski definition) is 5. The Bertz CT molecular complexity index is 538. The second-order valence-corrected chi connectivity index (χ2v) is 6.18. The number of pyridine rings is 1. The summed E-state index contributed by atoms with van der Waals surface area (Å²) in [6.07, 6.45) is 3.43. The predicted octanol–water partition coefficient (Wildman–Crippen LogP) is 3.03. The molecule has 1 aromatic rings. The van der Waals surface area contributed by atoms with E-state index in [2.05, 4.69) is 45.0 Å². The van der Waals surface area contributed by atoms with E-state index < -0.39 is 0 Å². The Hall–Kier alpha value is -1.21. The molecule has 0 spiro atoms. The third-order valence-corrected chi connectivity index (χ3v) is 5.10. The second-order valence-electron chi connectivity index (χ2n) is 5.39. The highest BCUT2D eigenvalue weighted by molar-refractivity contribution is 9.10. The summed E-state index contributed by atoms with van der Waals surface area (Å²) in [7, 11) is 0. The summed E-state index contributed by atoms with van der Waals surface area (Å²) >= 11 is 3.50. The number of anilines is 1. The summed E-state index contributed by atoms with van der Waals surface area (Å²) in [5.74, 6) is 0.810. The quantitative estimate of drug-likeness (QED) is 0.663. The number of rotatable bonds is 4. The van der Waals surface area contributed by atoms with Gasteiger partial charge in [0.25, 0.3) is 5.69 Å². The van der Waals surface area contributed by atoms with Gasteiger partial charge in [-0.2, -0.15) is 0 Å². The largest absolute Gasteiger partial charge is 0.350 e. The molecule has 2 unspecified atom stereocenters. The van der Waals surface area contributed by atoms with Gasteiger partial charge >= 0.3 is 0 Å². The van der Waals surface area contributed by atoms with Crippen molar-refractivity contribution in [3.05, 3.63) is 26.3 Å². The van der Waals surface area contributed by atoms with Crippen LogP contribution in [0.2, 0.25) is 0 Å². The molecule has 0 radical (unpaired) electrons. The maximum Gasteiger partial charge on any atom is 0.291 e. The standard InChI is InChI=1S/C14H21BrN4O2/c1-4-10-8-18(11(5-2)6-16-10)14-13(15)9(3)12(7-17-14)19(20)21/h7,10-11,16H,4-6,8H2,1-3H3. The van der Waals surface area contributed by atoms with Crippen molar-refractivity contribution in [1.29, 1.82) is 0 Å². The van der Waals surface area contributed by atoms with Crippen LogP contribution >= 0.6 is 15.9 Å². The Morgan fingerprint density at radius 2 is 2.24 bits per heavy atom. The van der Waals surface area contributed by atoms with Crippen LogP contribution < -0.4 is 10.2 Å². The van der Waals surface area contributed by atoms with E-state index in [-0.39, 0.29) is 10.6 Å². The monoisotopic (exact) mass is 356 g/mol. The van der Waals surface area contributed by atoms with Gasteiger partial charge in [0.15, 0.2) is 0 Å². The average Bonchev–Trinajstić information content (AvgIpc) is 2.49. The predicted molar refractivity (Wildman–Crippen MR) is 86.8 cm³/mol. The molecule has 0 aromatic carbocycles. The Morgan fingerprint density at radius 1 is 1.52 bits per heavy atom. The molecule has 0 saturated carbocycles. The molecule has 0 bridgehead atoms. The van der Waals surface area contributed by atoms with Crippen LogP contribution in [0.25, 0.3) is 0 Å². The summed E-state index contributed by atoms with van der Waals surface area (Å²) < 4.78 is 0.729. The van der Waals surface area contributed by atoms with Gasteiger partial charge < -0.3 is 10.2 Å². The zero-order valence-electron chi connectivity index (χ0n) is 12.6. The number of hydrogen-bond donors (Lipinski definition) is 1. The highest BCUT2D eigenvalue weighted by Crippen LogP contribution is 2.34. The molecule has 2 rings (SSSR count). The van der Waals surface area contributed by atoms with Crippen LogP contribution in [0.5, 0.6) is 0 Å². The molecule has 1 saturated heterocycles. The summed E-state index contributed by atoms with van der Waals surface area (Å²) in [6, 6.07) is 0.787. The van der Waals surface area contributed by atoms with Gasteiger partial charge in [-0.3, -0.25) is 10.1 Å². The minimum absolute atomic E-state index is 0.0563. The first-order chi connectivity index (χ1) is 9.99. The molecule has 1 N–H and O–H groups in total. The molecule has 1 aliphatic rings. The molecular weight excluding hydrogens is 336 g/mol. The Balaban J connectivity index is 2.39. The van der Waals surface area contributed by atoms with Crippen LogP contribution in [0.15, 0.2) is 10.7 Å². The number of halogens is 1. The van der Waals surface area contributed by atoms with Gasteiger partial charge in [-0.15, -0.1) is 0 Å². The molecule has 21 heavy (non-hydrogen) atoms. The molecule has 1 fully saturated rings. The van der Waals surface area contributed by atoms with Gasteiger partial charge in [0.2, 0.25) is 0 Å². The normalized spacial score (nSPS) is 22.4. The van der Waals surface area contributed by atoms with E-state index in [1.165, 1.54) is 6.20 Å². The van der Waals surface area contributed by atoms with Crippen molar-refractivity contribution in [1.82, 2.24) is 10.3 Å². The Labute approximate surface area is 133 Å². The summed E-state index contributed by atoms with van der Waals surface area (Å²) in [4.78, 5) is 17.2. The lowest BCUT2D eigenvalue weighted by atomic mass is 10.0. The van der Waals surface area contributed by atoms with E-state index in [9.17, 15) is 10.1 Å². The van der Waals surface area contributed by atoms with Crippen molar-refractivity contribution < 1.29 is 4.92 Å². The summed E-state index contributed by atoms with van der Waals surface area (Å²) in [5.41, 5.74) is 0.687. The summed E-state index contributed by atoms with van der Waals surface area (Å²) in [6.45, 7) is 7.86. The summed E-state index contributed by atoms with van der Waals surface area (Å²) in [5, 5.41) is 14.5. The molecule has 1 aromatic heterocycles. The van der Waals surface area contributed by atoms with Crippen LogP contribution in [0, 0.1) is 17.0 Å². The fourth-order valence-corrected chi connectivity index (χ4v) is 3.24. The van der Waals surface area contributed by atoms with Gasteiger partial charge in [0.05, 0.1) is 9.40 Å². The number of piperazine rings is 1. The lowest BCUT2D eigenvalue weighted by Crippen LogP contribution is -2.56. The van der Waals surface area contributed by atoms with Crippen molar-refractivity contribution in [2.24, 2.45) is 0 Å². The fraction of sp³-hybridized carbons (Fsp3) is 0.643. The van der Waals surface area contributed by atoms with Gasteiger partial charge in [0.1, 0.15) is 12.0 Å². The van der Waals surface area contributed by atoms with E-state index >= 15 is 0 Å². The van der Waals surface area contributed by atoms with Crippen molar-refractivity contribution in [3.63, 3.8) is 0 Å². The highest BCUT2D eigenvalue weighted by atomic mass is 79.9. The van der Waals surface area contributed by atoms with Gasteiger partial charge in [-0.25, -0.2) is 4.98 Å². The maximum atomic E-state index is 11.0. The van der Waals surface area contributed by atoms with E-state index in [1.54, 1.807) is 6.92 Å². The third kappa shape index (κ3) is 3.18. The minimum Gasteiger partial charge on any atom is -0.350 e. The van der Waals surface area contributed by atoms with Crippen molar-refractivity contribution >= 4 is 27.4 Å². The van der Waals surface area contributed by atoms with Crippen molar-refractivity contribution in [3.8, 4) is 0 Å². The number of nitro groups is 1. The van der Waals surface area contributed by atoms with Crippen LogP contribution in [0.1, 0.15) is 32.3 Å². The first-order valence-electron chi connectivity index (χ1n) is 7.29. The van der Waals surface area contributed by atoms with Gasteiger partial charge in [-0.05, 0) is 35.7 Å². The zero-order valence-corrected chi connectivity index (χ0v) is 14.2. The maximum absolute atomic E-state index is 11.0. The first-order valence-corrected chi connectivity index (χ1v) is 8.08. The lowest BCUT2D eigenvalue weighted by Gasteiger charge is -2.41. The minimum atomic E-state index is -0.388. The zero-order chi connectivity index (χ0) is 15.6. The Morgan fingerprint density at radius 3 is 2.81 bits per heavy atom. The molecule has 0 aliphatic carbocycles. The van der Waals surface area contributed by atoms with Crippen LogP contribution in [0.4, 0.5) is 11.5 Å². The van der Waals surface area contributed by atoms with Gasteiger partial charge in [-0.1, -0.05) is 13.8 Å². The molecule has 2 atom stereocenters. The second kappa shape index (κ2) is 6.70. The topological polar surface area (TPSA) is 71.3 Å². The molecule has 0 amide bonds. The molecule has 2 heterocycles. The Kier molecular flexibility index (Phi) is 5.16. The fourth-order valence-electron chi connectivity index (χ4n) is 2.70. The number of nitrogens with zero attached hydrogens (tertiary/aromatic N) is 3. The van der Waals surface area contributed by atoms with Crippen LogP contribution in [-0.4, -0.2) is 35.1 Å². The smallest absolute Gasteiger partial charge is 0.291 e. The number of nitrogens with one attached hydrogen (secondary N) is 1. The molecule has 116 valence electrons. The molecule has 6 nitrogen and oxygen atoms in total. The third-order valence-electron chi connectivity index (χ3n) is 4.15. The SMILES string of the molecule is CCC1CN(c2ncc([N+](=O)[O-])c(C)c2Br)C(CC)CN1. The van der Waals surface area contributed by atoms with Crippen molar-refractivity contribution in [2.75, 3.05) is 18.0 Å². The van der Waals surface area contributed by atoms with Crippen LogP contribution in [-0.2, 0) is 0 Å². The van der Waals surface area contributed by atoms with Gasteiger partial charge in [0, 0.05) is 30.7 Å². The highest BCUT2D eigenvalue weighted by Gasteiger charge is 2.30. The lowest BCUT2D eigenvalue weighted by molar-refractivity contribution is -0.385.